The monoisotopic (exact) mass is 533 g/mol. The molecule has 3 aromatic heterocycles. The lowest BCUT2D eigenvalue weighted by Gasteiger charge is -2.11. The first-order chi connectivity index (χ1) is 14.7. The van der Waals surface area contributed by atoms with Crippen molar-refractivity contribution in [3.8, 4) is 5.82 Å². The molecule has 0 saturated heterocycles. The van der Waals surface area contributed by atoms with Gasteiger partial charge in [-0.2, -0.15) is 0 Å². The average molecular weight is 533 g/mol. The molecule has 0 aliphatic carbocycles. The van der Waals surface area contributed by atoms with Crippen molar-refractivity contribution in [1.82, 2.24) is 30.2 Å². The number of aromatic nitrogens is 4. The van der Waals surface area contributed by atoms with Crippen LogP contribution in [0.25, 0.3) is 16.7 Å². The SMILES string of the molecule is CCNC(=NCc1ccc(-n2ccnc2)nc1)NCCc1c[nH]c2ccc(F)cc12.I. The fourth-order valence-electron chi connectivity index (χ4n) is 3.24. The summed E-state index contributed by atoms with van der Waals surface area (Å²) in [6.45, 7) is 4.00. The Morgan fingerprint density at radius 1 is 1.23 bits per heavy atom. The number of hydrogen-bond donors (Lipinski definition) is 3. The normalized spacial score (nSPS) is 11.4. The summed E-state index contributed by atoms with van der Waals surface area (Å²) in [4.78, 5) is 16.3. The number of fused-ring (bicyclic) bond motifs is 1. The van der Waals surface area contributed by atoms with Crippen molar-refractivity contribution in [3.63, 3.8) is 0 Å². The molecule has 3 heterocycles. The number of H-pyrrole nitrogens is 1. The van der Waals surface area contributed by atoms with Crippen LogP contribution in [0.3, 0.4) is 0 Å². The third-order valence-electron chi connectivity index (χ3n) is 4.76. The maximum Gasteiger partial charge on any atom is 0.191 e. The van der Waals surface area contributed by atoms with Gasteiger partial charge in [-0.25, -0.2) is 19.4 Å². The Morgan fingerprint density at radius 3 is 2.87 bits per heavy atom. The standard InChI is InChI=1S/C22H24FN7.HI/c1-2-25-22(26-8-7-17-14-27-20-5-4-18(23)11-19(17)20)29-13-16-3-6-21(28-12-16)30-10-9-24-15-30;/h3-6,9-12,14-15,27H,2,7-8,13H2,1H3,(H2,25,26,29);1H. The zero-order chi connectivity index (χ0) is 20.8. The Hall–Kier alpha value is -2.95. The van der Waals surface area contributed by atoms with Gasteiger partial charge in [-0.15, -0.1) is 24.0 Å². The summed E-state index contributed by atoms with van der Waals surface area (Å²) in [5.74, 6) is 1.33. The predicted octanol–water partition coefficient (Wildman–Crippen LogP) is 3.80. The zero-order valence-corrected chi connectivity index (χ0v) is 19.5. The molecule has 0 unspecified atom stereocenters. The molecular weight excluding hydrogens is 508 g/mol. The van der Waals surface area contributed by atoms with E-state index in [-0.39, 0.29) is 29.8 Å². The molecule has 4 rings (SSSR count). The van der Waals surface area contributed by atoms with Crippen LogP contribution in [-0.4, -0.2) is 38.6 Å². The van der Waals surface area contributed by atoms with E-state index in [2.05, 4.69) is 30.6 Å². The molecule has 0 aliphatic heterocycles. The molecule has 0 fully saturated rings. The van der Waals surface area contributed by atoms with Crippen LogP contribution in [0.2, 0.25) is 0 Å². The number of benzene rings is 1. The van der Waals surface area contributed by atoms with Gasteiger partial charge in [0.15, 0.2) is 5.96 Å². The lowest BCUT2D eigenvalue weighted by atomic mass is 10.1. The fraction of sp³-hybridized carbons (Fsp3) is 0.227. The summed E-state index contributed by atoms with van der Waals surface area (Å²) < 4.78 is 15.4. The predicted molar refractivity (Wildman–Crippen MR) is 132 cm³/mol. The number of pyridine rings is 1. The molecule has 0 saturated carbocycles. The zero-order valence-electron chi connectivity index (χ0n) is 17.2. The third kappa shape index (κ3) is 5.81. The molecule has 162 valence electrons. The lowest BCUT2D eigenvalue weighted by molar-refractivity contribution is 0.629. The number of hydrogen-bond acceptors (Lipinski definition) is 3. The molecule has 7 nitrogen and oxygen atoms in total. The van der Waals surface area contributed by atoms with Crippen molar-refractivity contribution in [2.75, 3.05) is 13.1 Å². The summed E-state index contributed by atoms with van der Waals surface area (Å²) >= 11 is 0. The number of halogens is 2. The Balaban J connectivity index is 0.00000272. The van der Waals surface area contributed by atoms with Gasteiger partial charge >= 0.3 is 0 Å². The van der Waals surface area contributed by atoms with Crippen molar-refractivity contribution in [2.45, 2.75) is 19.9 Å². The van der Waals surface area contributed by atoms with E-state index >= 15 is 0 Å². The van der Waals surface area contributed by atoms with Gasteiger partial charge in [-0.05, 0) is 48.7 Å². The van der Waals surface area contributed by atoms with Crippen molar-refractivity contribution in [3.05, 3.63) is 78.4 Å². The molecule has 4 aromatic rings. The fourth-order valence-corrected chi connectivity index (χ4v) is 3.24. The van der Waals surface area contributed by atoms with Gasteiger partial charge in [-0.3, -0.25) is 4.57 Å². The van der Waals surface area contributed by atoms with Crippen molar-refractivity contribution in [1.29, 1.82) is 0 Å². The van der Waals surface area contributed by atoms with Crippen LogP contribution in [0.5, 0.6) is 0 Å². The minimum absolute atomic E-state index is 0. The van der Waals surface area contributed by atoms with Gasteiger partial charge in [-0.1, -0.05) is 6.07 Å². The van der Waals surface area contributed by atoms with E-state index in [9.17, 15) is 4.39 Å². The van der Waals surface area contributed by atoms with Gasteiger partial charge in [0.25, 0.3) is 0 Å². The second kappa shape index (κ2) is 10.9. The van der Waals surface area contributed by atoms with Gasteiger partial charge < -0.3 is 15.6 Å². The Labute approximate surface area is 197 Å². The number of rotatable bonds is 7. The van der Waals surface area contributed by atoms with Crippen molar-refractivity contribution >= 4 is 40.8 Å². The summed E-state index contributed by atoms with van der Waals surface area (Å²) in [6.07, 6.45) is 9.81. The highest BCUT2D eigenvalue weighted by Gasteiger charge is 2.06. The van der Waals surface area contributed by atoms with E-state index in [1.54, 1.807) is 24.7 Å². The quantitative estimate of drug-likeness (QED) is 0.192. The molecule has 0 amide bonds. The van der Waals surface area contributed by atoms with E-state index < -0.39 is 0 Å². The van der Waals surface area contributed by atoms with E-state index in [0.29, 0.717) is 13.1 Å². The molecule has 31 heavy (non-hydrogen) atoms. The minimum Gasteiger partial charge on any atom is -0.361 e. The second-order valence-corrected chi connectivity index (χ2v) is 6.87. The highest BCUT2D eigenvalue weighted by atomic mass is 127. The van der Waals surface area contributed by atoms with Gasteiger partial charge in [0.1, 0.15) is 18.0 Å². The first-order valence-corrected chi connectivity index (χ1v) is 9.94. The topological polar surface area (TPSA) is 82.9 Å². The van der Waals surface area contributed by atoms with Crippen LogP contribution >= 0.6 is 24.0 Å². The van der Waals surface area contributed by atoms with Crippen LogP contribution in [0.15, 0.2) is 66.4 Å². The molecule has 0 bridgehead atoms. The van der Waals surface area contributed by atoms with Crippen molar-refractivity contribution in [2.24, 2.45) is 4.99 Å². The highest BCUT2D eigenvalue weighted by Crippen LogP contribution is 2.19. The lowest BCUT2D eigenvalue weighted by Crippen LogP contribution is -2.38. The van der Waals surface area contributed by atoms with Gasteiger partial charge in [0.05, 0.1) is 6.54 Å². The Kier molecular flexibility index (Phi) is 7.99. The highest BCUT2D eigenvalue weighted by molar-refractivity contribution is 14.0. The maximum atomic E-state index is 13.5. The van der Waals surface area contributed by atoms with E-state index in [1.807, 2.05) is 42.2 Å². The Morgan fingerprint density at radius 2 is 2.13 bits per heavy atom. The first kappa shape index (κ1) is 22.7. The molecule has 1 aromatic carbocycles. The molecule has 0 atom stereocenters. The Bertz CT molecular complexity index is 1120. The number of imidazole rings is 1. The maximum absolute atomic E-state index is 13.5. The number of nitrogens with zero attached hydrogens (tertiary/aromatic N) is 4. The first-order valence-electron chi connectivity index (χ1n) is 9.94. The number of nitrogens with one attached hydrogen (secondary N) is 3. The van der Waals surface area contributed by atoms with Crippen LogP contribution in [0.1, 0.15) is 18.1 Å². The molecule has 9 heteroatoms. The molecule has 0 aliphatic rings. The molecule has 3 N–H and O–H groups in total. The average Bonchev–Trinajstić information content (AvgIpc) is 3.43. The number of aromatic amines is 1. The largest absolute Gasteiger partial charge is 0.361 e. The molecular formula is C22H25FIN7. The van der Waals surface area contributed by atoms with Crippen LogP contribution in [-0.2, 0) is 13.0 Å². The number of guanidine groups is 1. The summed E-state index contributed by atoms with van der Waals surface area (Å²) in [5, 5.41) is 7.51. The second-order valence-electron chi connectivity index (χ2n) is 6.87. The molecule has 0 radical (unpaired) electrons. The van der Waals surface area contributed by atoms with E-state index in [1.165, 1.54) is 6.07 Å². The van der Waals surface area contributed by atoms with Crippen molar-refractivity contribution < 1.29 is 4.39 Å². The summed E-state index contributed by atoms with van der Waals surface area (Å²) in [5.41, 5.74) is 3.04. The van der Waals surface area contributed by atoms with Crippen LogP contribution in [0.4, 0.5) is 4.39 Å². The van der Waals surface area contributed by atoms with E-state index in [0.717, 1.165) is 46.8 Å². The van der Waals surface area contributed by atoms with Gasteiger partial charge in [0, 0.05) is 48.8 Å². The minimum atomic E-state index is -0.223. The van der Waals surface area contributed by atoms with E-state index in [4.69, 9.17) is 0 Å². The smallest absolute Gasteiger partial charge is 0.191 e. The van der Waals surface area contributed by atoms with Crippen LogP contribution in [0, 0.1) is 5.82 Å². The number of aliphatic imine (C=N–C) groups is 1. The summed E-state index contributed by atoms with van der Waals surface area (Å²) in [7, 11) is 0. The molecule has 0 spiro atoms. The van der Waals surface area contributed by atoms with Crippen LogP contribution < -0.4 is 10.6 Å². The third-order valence-corrected chi connectivity index (χ3v) is 4.76. The summed E-state index contributed by atoms with van der Waals surface area (Å²) in [6, 6.07) is 8.76. The van der Waals surface area contributed by atoms with Gasteiger partial charge in [0.2, 0.25) is 0 Å².